The van der Waals surface area contributed by atoms with Gasteiger partial charge in [0.2, 0.25) is 0 Å². The van der Waals surface area contributed by atoms with E-state index in [1.165, 1.54) is 0 Å². The molecule has 1 aromatic carbocycles. The number of anilines is 1. The summed E-state index contributed by atoms with van der Waals surface area (Å²) in [6.45, 7) is -0.0224. The highest BCUT2D eigenvalue weighted by Crippen LogP contribution is 2.48. The van der Waals surface area contributed by atoms with E-state index in [9.17, 15) is 23.1 Å². The van der Waals surface area contributed by atoms with Gasteiger partial charge >= 0.3 is 6.03 Å². The molecule has 0 aromatic heterocycles. The van der Waals surface area contributed by atoms with Crippen molar-refractivity contribution in [3.05, 3.63) is 29.6 Å². The van der Waals surface area contributed by atoms with Crippen LogP contribution in [0.5, 0.6) is 0 Å². The van der Waals surface area contributed by atoms with Gasteiger partial charge < -0.3 is 15.7 Å². The van der Waals surface area contributed by atoms with Crippen LogP contribution in [0.2, 0.25) is 0 Å². The molecule has 2 amide bonds. The maximum Gasteiger partial charge on any atom is 0.319 e. The number of rotatable bonds is 3. The highest BCUT2D eigenvalue weighted by atomic mass is 19.1. The Bertz CT molecular complexity index is 573. The van der Waals surface area contributed by atoms with Gasteiger partial charge in [-0.2, -0.15) is 0 Å². The molecule has 0 saturated heterocycles. The molecule has 0 radical (unpaired) electrons. The molecule has 2 aliphatic rings. The molecule has 2 fully saturated rings. The molecule has 4 nitrogen and oxygen atoms in total. The van der Waals surface area contributed by atoms with E-state index < -0.39 is 29.2 Å². The van der Waals surface area contributed by atoms with Gasteiger partial charge in [0.1, 0.15) is 11.5 Å². The lowest BCUT2D eigenvalue weighted by Gasteiger charge is -2.30. The highest BCUT2D eigenvalue weighted by Gasteiger charge is 2.47. The van der Waals surface area contributed by atoms with Gasteiger partial charge in [-0.1, -0.05) is 0 Å². The summed E-state index contributed by atoms with van der Waals surface area (Å²) in [5.41, 5.74) is -0.678. The summed E-state index contributed by atoms with van der Waals surface area (Å²) in [7, 11) is 0. The van der Waals surface area contributed by atoms with E-state index in [2.05, 4.69) is 10.6 Å². The first kappa shape index (κ1) is 15.1. The van der Waals surface area contributed by atoms with Crippen LogP contribution in [0.25, 0.3) is 0 Å². The van der Waals surface area contributed by atoms with Crippen molar-refractivity contribution in [2.24, 2.45) is 17.8 Å². The van der Waals surface area contributed by atoms with Crippen LogP contribution in [-0.2, 0) is 0 Å². The molecule has 4 atom stereocenters. The fraction of sp³-hybridized carbons (Fsp3) is 0.533. The van der Waals surface area contributed by atoms with Crippen molar-refractivity contribution in [1.29, 1.82) is 0 Å². The second-order valence-electron chi connectivity index (χ2n) is 6.05. The van der Waals surface area contributed by atoms with Gasteiger partial charge in [-0.15, -0.1) is 0 Å². The summed E-state index contributed by atoms with van der Waals surface area (Å²) in [4.78, 5) is 12.0. The number of aliphatic hydroxyl groups is 1. The molecule has 0 spiro atoms. The zero-order valence-electron chi connectivity index (χ0n) is 11.8. The zero-order chi connectivity index (χ0) is 15.9. The summed E-state index contributed by atoms with van der Waals surface area (Å²) >= 11 is 0. The Morgan fingerprint density at radius 2 is 1.82 bits per heavy atom. The standard InChI is InChI=1S/C15H17F3N2O2/c16-9-4-11(17)14(12(18)5-9)20-15(22)19-13-8-2-1-7(3-8)10(13)6-21/h4-5,7-8,10,13,21H,1-3,6H2,(H2,19,20,22). The maximum atomic E-state index is 13.5. The molecule has 22 heavy (non-hydrogen) atoms. The SMILES string of the molecule is O=C(Nc1c(F)cc(F)cc1F)NC1C2CCC(C2)C1CO. The van der Waals surface area contributed by atoms with Crippen LogP contribution in [0, 0.1) is 35.2 Å². The molecule has 0 heterocycles. The first-order chi connectivity index (χ1) is 10.5. The minimum atomic E-state index is -1.17. The quantitative estimate of drug-likeness (QED) is 0.803. The summed E-state index contributed by atoms with van der Waals surface area (Å²) in [5.74, 6) is -2.73. The predicted octanol–water partition coefficient (Wildman–Crippen LogP) is 2.63. The van der Waals surface area contributed by atoms with E-state index in [0.717, 1.165) is 19.3 Å². The molecule has 3 N–H and O–H groups in total. The topological polar surface area (TPSA) is 61.4 Å². The molecule has 7 heteroatoms. The first-order valence-electron chi connectivity index (χ1n) is 7.32. The van der Waals surface area contributed by atoms with Gasteiger partial charge in [0, 0.05) is 30.7 Å². The number of amides is 2. The lowest BCUT2D eigenvalue weighted by Crippen LogP contribution is -2.47. The highest BCUT2D eigenvalue weighted by molar-refractivity contribution is 5.89. The number of benzene rings is 1. The molecule has 3 rings (SSSR count). The van der Waals surface area contributed by atoms with E-state index in [0.29, 0.717) is 18.1 Å². The molecular formula is C15H17F3N2O2. The molecule has 2 bridgehead atoms. The second-order valence-corrected chi connectivity index (χ2v) is 6.05. The van der Waals surface area contributed by atoms with Crippen molar-refractivity contribution in [3.63, 3.8) is 0 Å². The van der Waals surface area contributed by atoms with Crippen LogP contribution in [0.4, 0.5) is 23.7 Å². The van der Waals surface area contributed by atoms with Gasteiger partial charge in [0.05, 0.1) is 0 Å². The Labute approximate surface area is 125 Å². The molecule has 1 aromatic rings. The fourth-order valence-electron chi connectivity index (χ4n) is 3.86. The molecular weight excluding hydrogens is 297 g/mol. The van der Waals surface area contributed by atoms with Crippen molar-refractivity contribution in [3.8, 4) is 0 Å². The number of halogens is 3. The minimum absolute atomic E-state index is 0.0209. The minimum Gasteiger partial charge on any atom is -0.396 e. The third-order valence-corrected chi connectivity index (χ3v) is 4.84. The number of aliphatic hydroxyl groups excluding tert-OH is 1. The second kappa shape index (κ2) is 5.79. The third-order valence-electron chi connectivity index (χ3n) is 4.84. The smallest absolute Gasteiger partial charge is 0.319 e. The van der Waals surface area contributed by atoms with E-state index >= 15 is 0 Å². The number of fused-ring (bicyclic) bond motifs is 2. The fourth-order valence-corrected chi connectivity index (χ4v) is 3.86. The van der Waals surface area contributed by atoms with Gasteiger partial charge in [-0.05, 0) is 31.1 Å². The van der Waals surface area contributed by atoms with Crippen molar-refractivity contribution in [1.82, 2.24) is 5.32 Å². The summed E-state index contributed by atoms with van der Waals surface area (Å²) < 4.78 is 39.9. The number of hydrogen-bond acceptors (Lipinski definition) is 2. The predicted molar refractivity (Wildman–Crippen MR) is 73.7 cm³/mol. The molecule has 120 valence electrons. The van der Waals surface area contributed by atoms with Crippen molar-refractivity contribution < 1.29 is 23.1 Å². The number of nitrogens with one attached hydrogen (secondary N) is 2. The normalized spacial score (nSPS) is 29.6. The van der Waals surface area contributed by atoms with Crippen LogP contribution >= 0.6 is 0 Å². The van der Waals surface area contributed by atoms with E-state index in [1.807, 2.05) is 0 Å². The zero-order valence-corrected chi connectivity index (χ0v) is 11.8. The van der Waals surface area contributed by atoms with Gasteiger partial charge in [0.25, 0.3) is 0 Å². The van der Waals surface area contributed by atoms with Crippen LogP contribution in [0.15, 0.2) is 12.1 Å². The van der Waals surface area contributed by atoms with E-state index in [1.54, 1.807) is 0 Å². The molecule has 4 unspecified atom stereocenters. The van der Waals surface area contributed by atoms with Crippen molar-refractivity contribution in [2.45, 2.75) is 25.3 Å². The molecule has 0 aliphatic heterocycles. The first-order valence-corrected chi connectivity index (χ1v) is 7.32. The van der Waals surface area contributed by atoms with E-state index in [4.69, 9.17) is 0 Å². The Morgan fingerprint density at radius 3 is 2.45 bits per heavy atom. The van der Waals surface area contributed by atoms with Gasteiger partial charge in [-0.3, -0.25) is 0 Å². The van der Waals surface area contributed by atoms with Crippen LogP contribution in [0.1, 0.15) is 19.3 Å². The lowest BCUT2D eigenvalue weighted by molar-refractivity contribution is 0.146. The summed E-state index contributed by atoms with van der Waals surface area (Å²) in [6, 6.07) is 0.0650. The number of carbonyl (C=O) groups is 1. The van der Waals surface area contributed by atoms with E-state index in [-0.39, 0.29) is 24.5 Å². The van der Waals surface area contributed by atoms with Gasteiger partial charge in [0.15, 0.2) is 11.6 Å². The lowest BCUT2D eigenvalue weighted by atomic mass is 9.85. The van der Waals surface area contributed by atoms with Crippen LogP contribution in [-0.4, -0.2) is 23.8 Å². The summed E-state index contributed by atoms with van der Waals surface area (Å²) in [6.07, 6.45) is 2.97. The maximum absolute atomic E-state index is 13.5. The number of urea groups is 1. The largest absolute Gasteiger partial charge is 0.396 e. The van der Waals surface area contributed by atoms with Crippen molar-refractivity contribution >= 4 is 11.7 Å². The van der Waals surface area contributed by atoms with Gasteiger partial charge in [-0.25, -0.2) is 18.0 Å². The van der Waals surface area contributed by atoms with Crippen molar-refractivity contribution in [2.75, 3.05) is 11.9 Å². The van der Waals surface area contributed by atoms with Crippen LogP contribution < -0.4 is 10.6 Å². The summed E-state index contributed by atoms with van der Waals surface area (Å²) in [5, 5.41) is 14.2. The molecule has 2 saturated carbocycles. The Morgan fingerprint density at radius 1 is 1.18 bits per heavy atom. The monoisotopic (exact) mass is 314 g/mol. The molecule has 2 aliphatic carbocycles. The van der Waals surface area contributed by atoms with Crippen LogP contribution in [0.3, 0.4) is 0 Å². The number of hydrogen-bond donors (Lipinski definition) is 3. The Balaban J connectivity index is 1.68. The third kappa shape index (κ3) is 2.65. The Kier molecular flexibility index (Phi) is 3.99. The Hall–Kier alpha value is -1.76. The average Bonchev–Trinajstić information content (AvgIpc) is 3.03. The number of carbonyl (C=O) groups excluding carboxylic acids is 1. The average molecular weight is 314 g/mol.